The molecule has 1 aromatic carbocycles. The number of pyridine rings is 1. The Kier molecular flexibility index (Phi) is 3.57. The highest BCUT2D eigenvalue weighted by molar-refractivity contribution is 5.81. The van der Waals surface area contributed by atoms with E-state index in [1.54, 1.807) is 0 Å². The molecule has 2 aromatic heterocycles. The molecule has 0 radical (unpaired) electrons. The largest absolute Gasteiger partial charge is 0.281 e. The minimum atomic E-state index is 0.0461. The van der Waals surface area contributed by atoms with Crippen LogP contribution in [0.25, 0.3) is 23.1 Å². The molecule has 3 nitrogen and oxygen atoms in total. The zero-order valence-corrected chi connectivity index (χ0v) is 13.5. The molecule has 22 heavy (non-hydrogen) atoms. The maximum Gasteiger partial charge on any atom is 0.0709 e. The molecule has 0 bridgehead atoms. The zero-order chi connectivity index (χ0) is 15.7. The Morgan fingerprint density at radius 3 is 2.64 bits per heavy atom. The Hall–Kier alpha value is -2.42. The van der Waals surface area contributed by atoms with Crippen LogP contribution in [-0.4, -0.2) is 15.2 Å². The highest BCUT2D eigenvalue weighted by atomic mass is 15.1. The van der Waals surface area contributed by atoms with Crippen LogP contribution in [-0.2, 0) is 5.41 Å². The smallest absolute Gasteiger partial charge is 0.0709 e. The van der Waals surface area contributed by atoms with Crippen molar-refractivity contribution in [3.63, 3.8) is 0 Å². The molecule has 0 amide bonds. The number of nitrogens with zero attached hydrogens (tertiary/aromatic N) is 2. The molecule has 0 saturated carbocycles. The molecule has 0 fully saturated rings. The van der Waals surface area contributed by atoms with E-state index in [4.69, 9.17) is 4.98 Å². The first kappa shape index (κ1) is 14.5. The van der Waals surface area contributed by atoms with Crippen LogP contribution < -0.4 is 0 Å². The van der Waals surface area contributed by atoms with E-state index in [2.05, 4.69) is 74.3 Å². The molecule has 0 aliphatic rings. The second-order valence-corrected chi connectivity index (χ2v) is 6.72. The third-order valence-electron chi connectivity index (χ3n) is 3.72. The van der Waals surface area contributed by atoms with E-state index >= 15 is 0 Å². The summed E-state index contributed by atoms with van der Waals surface area (Å²) in [5.41, 5.74) is 5.53. The van der Waals surface area contributed by atoms with Gasteiger partial charge in [-0.25, -0.2) is 4.98 Å². The monoisotopic (exact) mass is 291 g/mol. The molecule has 3 heteroatoms. The lowest BCUT2D eigenvalue weighted by Gasteiger charge is -2.17. The summed E-state index contributed by atoms with van der Waals surface area (Å²) in [6, 6.07) is 10.5. The Labute approximate surface area is 131 Å². The number of nitrogens with one attached hydrogen (secondary N) is 1. The molecule has 0 saturated heterocycles. The van der Waals surface area contributed by atoms with E-state index in [1.165, 1.54) is 10.9 Å². The van der Waals surface area contributed by atoms with Gasteiger partial charge in [-0.3, -0.25) is 5.10 Å². The summed E-state index contributed by atoms with van der Waals surface area (Å²) in [4.78, 5) is 4.69. The minimum Gasteiger partial charge on any atom is -0.281 e. The normalized spacial score (nSPS) is 12.4. The summed E-state index contributed by atoms with van der Waals surface area (Å²) in [6.07, 6.45) is 5.98. The van der Waals surface area contributed by atoms with E-state index in [9.17, 15) is 0 Å². The van der Waals surface area contributed by atoms with Crippen molar-refractivity contribution < 1.29 is 0 Å². The van der Waals surface area contributed by atoms with Gasteiger partial charge in [0.2, 0.25) is 0 Å². The van der Waals surface area contributed by atoms with Gasteiger partial charge < -0.3 is 0 Å². The van der Waals surface area contributed by atoms with Gasteiger partial charge in [0.05, 0.1) is 17.4 Å². The van der Waals surface area contributed by atoms with Crippen molar-refractivity contribution in [3.05, 3.63) is 59.0 Å². The summed E-state index contributed by atoms with van der Waals surface area (Å²) in [7, 11) is 0. The number of fused-ring (bicyclic) bond motifs is 1. The van der Waals surface area contributed by atoms with Crippen LogP contribution in [0, 0.1) is 6.92 Å². The van der Waals surface area contributed by atoms with Gasteiger partial charge in [-0.05, 0) is 37.3 Å². The molecule has 112 valence electrons. The molecule has 0 unspecified atom stereocenters. The second-order valence-electron chi connectivity index (χ2n) is 6.72. The van der Waals surface area contributed by atoms with Crippen molar-refractivity contribution in [1.82, 2.24) is 15.2 Å². The van der Waals surface area contributed by atoms with Crippen molar-refractivity contribution in [1.29, 1.82) is 0 Å². The van der Waals surface area contributed by atoms with Gasteiger partial charge in [-0.2, -0.15) is 5.10 Å². The summed E-state index contributed by atoms with van der Waals surface area (Å²) in [5, 5.41) is 8.44. The fraction of sp³-hybridized carbons (Fsp3) is 0.263. The van der Waals surface area contributed by atoms with Crippen LogP contribution in [0.4, 0.5) is 0 Å². The molecule has 0 aliphatic heterocycles. The quantitative estimate of drug-likeness (QED) is 0.741. The summed E-state index contributed by atoms with van der Waals surface area (Å²) in [5.74, 6) is 0. The lowest BCUT2D eigenvalue weighted by Crippen LogP contribution is -2.13. The number of rotatable bonds is 2. The highest BCUT2D eigenvalue weighted by Crippen LogP contribution is 2.24. The van der Waals surface area contributed by atoms with E-state index in [0.717, 1.165) is 22.5 Å². The van der Waals surface area contributed by atoms with Gasteiger partial charge in [-0.15, -0.1) is 0 Å². The van der Waals surface area contributed by atoms with Crippen LogP contribution in [0.2, 0.25) is 0 Å². The van der Waals surface area contributed by atoms with Crippen molar-refractivity contribution in [2.75, 3.05) is 0 Å². The fourth-order valence-electron chi connectivity index (χ4n) is 2.55. The van der Waals surface area contributed by atoms with Crippen molar-refractivity contribution >= 4 is 23.1 Å². The van der Waals surface area contributed by atoms with E-state index < -0.39 is 0 Å². The molecule has 1 N–H and O–H groups in total. The molecular formula is C19H21N3. The van der Waals surface area contributed by atoms with Crippen LogP contribution >= 0.6 is 0 Å². The Morgan fingerprint density at radius 2 is 1.86 bits per heavy atom. The first-order valence-corrected chi connectivity index (χ1v) is 7.53. The Morgan fingerprint density at radius 1 is 1.05 bits per heavy atom. The first-order chi connectivity index (χ1) is 10.4. The number of aromatic nitrogens is 3. The first-order valence-electron chi connectivity index (χ1n) is 7.53. The van der Waals surface area contributed by atoms with Crippen LogP contribution in [0.1, 0.15) is 43.3 Å². The minimum absolute atomic E-state index is 0.0461. The lowest BCUT2D eigenvalue weighted by atomic mass is 9.89. The van der Waals surface area contributed by atoms with Crippen LogP contribution in [0.5, 0.6) is 0 Å². The molecule has 3 rings (SSSR count). The third kappa shape index (κ3) is 2.93. The average molecular weight is 291 g/mol. The standard InChI is InChI=1S/C19H21N3/c1-13-5-10-17-14(11-13)6-8-16(21-17)9-7-15-12-20-22-18(15)19(2,3)4/h5-12H,1-4H3,(H,20,22). The predicted octanol–water partition coefficient (Wildman–Crippen LogP) is 4.73. The number of hydrogen-bond acceptors (Lipinski definition) is 2. The van der Waals surface area contributed by atoms with Crippen molar-refractivity contribution in [2.24, 2.45) is 0 Å². The number of aryl methyl sites for hydroxylation is 1. The molecular weight excluding hydrogens is 270 g/mol. The molecule has 3 aromatic rings. The van der Waals surface area contributed by atoms with Crippen LogP contribution in [0.3, 0.4) is 0 Å². The lowest BCUT2D eigenvalue weighted by molar-refractivity contribution is 0.566. The summed E-state index contributed by atoms with van der Waals surface area (Å²) < 4.78 is 0. The fourth-order valence-corrected chi connectivity index (χ4v) is 2.55. The van der Waals surface area contributed by atoms with Gasteiger partial charge in [0, 0.05) is 22.1 Å². The Bertz CT molecular complexity index is 835. The topological polar surface area (TPSA) is 41.6 Å². The van der Waals surface area contributed by atoms with E-state index in [-0.39, 0.29) is 5.41 Å². The van der Waals surface area contributed by atoms with Gasteiger partial charge in [0.25, 0.3) is 0 Å². The van der Waals surface area contributed by atoms with E-state index in [1.807, 2.05) is 12.3 Å². The molecule has 0 aliphatic carbocycles. The van der Waals surface area contributed by atoms with Crippen molar-refractivity contribution in [3.8, 4) is 0 Å². The number of H-pyrrole nitrogens is 1. The summed E-state index contributed by atoms with van der Waals surface area (Å²) in [6.45, 7) is 8.62. The average Bonchev–Trinajstić information content (AvgIpc) is 2.93. The zero-order valence-electron chi connectivity index (χ0n) is 13.5. The van der Waals surface area contributed by atoms with Gasteiger partial charge in [0.1, 0.15) is 0 Å². The summed E-state index contributed by atoms with van der Waals surface area (Å²) >= 11 is 0. The van der Waals surface area contributed by atoms with E-state index in [0.29, 0.717) is 0 Å². The van der Waals surface area contributed by atoms with Crippen LogP contribution in [0.15, 0.2) is 36.5 Å². The van der Waals surface area contributed by atoms with Crippen molar-refractivity contribution in [2.45, 2.75) is 33.1 Å². The van der Waals surface area contributed by atoms with Gasteiger partial charge >= 0.3 is 0 Å². The number of hydrogen-bond donors (Lipinski definition) is 1. The molecule has 0 atom stereocenters. The maximum absolute atomic E-state index is 4.69. The van der Waals surface area contributed by atoms with Gasteiger partial charge in [0.15, 0.2) is 0 Å². The van der Waals surface area contributed by atoms with Gasteiger partial charge in [-0.1, -0.05) is 38.5 Å². The Balaban J connectivity index is 1.93. The molecule has 0 spiro atoms. The molecule has 2 heterocycles. The predicted molar refractivity (Wildman–Crippen MR) is 92.7 cm³/mol. The highest BCUT2D eigenvalue weighted by Gasteiger charge is 2.18. The third-order valence-corrected chi connectivity index (χ3v) is 3.72. The number of benzene rings is 1. The number of aromatic amines is 1. The maximum atomic E-state index is 4.69. The SMILES string of the molecule is Cc1ccc2nc(C=Cc3cn[nH]c3C(C)(C)C)ccc2c1. The second kappa shape index (κ2) is 5.41.